The van der Waals surface area contributed by atoms with E-state index < -0.39 is 0 Å². The van der Waals surface area contributed by atoms with E-state index in [0.29, 0.717) is 0 Å². The van der Waals surface area contributed by atoms with Crippen molar-refractivity contribution >= 4 is 23.5 Å². The highest BCUT2D eigenvalue weighted by atomic mass is 15.1. The highest BCUT2D eigenvalue weighted by Gasteiger charge is 2.03. The summed E-state index contributed by atoms with van der Waals surface area (Å²) in [6, 6.07) is 16.6. The zero-order valence-electron chi connectivity index (χ0n) is 10.6. The van der Waals surface area contributed by atoms with Crippen LogP contribution < -0.4 is 4.90 Å². The molecule has 0 aliphatic heterocycles. The highest BCUT2D eigenvalue weighted by molar-refractivity contribution is 5.66. The molecule has 0 aromatic heterocycles. The first kappa shape index (κ1) is 12.2. The van der Waals surface area contributed by atoms with Gasteiger partial charge < -0.3 is 4.90 Å². The lowest BCUT2D eigenvalue weighted by Crippen LogP contribution is -2.09. The third kappa shape index (κ3) is 2.51. The number of hydrogen-bond acceptors (Lipinski definition) is 1. The molecule has 0 amide bonds. The molecule has 0 heterocycles. The van der Waals surface area contributed by atoms with Crippen LogP contribution in [-0.2, 0) is 0 Å². The molecule has 1 nitrogen and oxygen atoms in total. The number of benzene rings is 2. The van der Waals surface area contributed by atoms with Gasteiger partial charge in [-0.25, -0.2) is 0 Å². The minimum absolute atomic E-state index is 1.13. The molecule has 0 spiro atoms. The van der Waals surface area contributed by atoms with Crippen molar-refractivity contribution < 1.29 is 0 Å². The molecule has 2 aromatic rings. The van der Waals surface area contributed by atoms with Crippen LogP contribution in [0.2, 0.25) is 0 Å². The van der Waals surface area contributed by atoms with Gasteiger partial charge in [0.1, 0.15) is 0 Å². The average Bonchev–Trinajstić information content (AvgIpc) is 2.46. The van der Waals surface area contributed by atoms with Crippen LogP contribution in [0.4, 0.5) is 11.4 Å². The maximum absolute atomic E-state index is 3.80. The fourth-order valence-electron chi connectivity index (χ4n) is 1.84. The van der Waals surface area contributed by atoms with E-state index in [1.807, 2.05) is 24.3 Å². The summed E-state index contributed by atoms with van der Waals surface area (Å²) in [5, 5.41) is 0. The highest BCUT2D eigenvalue weighted by Crippen LogP contribution is 2.24. The Labute approximate surface area is 109 Å². The lowest BCUT2D eigenvalue weighted by Gasteiger charge is -2.20. The van der Waals surface area contributed by atoms with Crippen LogP contribution in [0.3, 0.4) is 0 Å². The van der Waals surface area contributed by atoms with Crippen molar-refractivity contribution in [1.82, 2.24) is 0 Å². The minimum atomic E-state index is 1.13. The fraction of sp³-hybridized carbons (Fsp3) is 0.0588. The number of hydrogen-bond donors (Lipinski definition) is 0. The van der Waals surface area contributed by atoms with Gasteiger partial charge in [-0.3, -0.25) is 0 Å². The molecule has 0 fully saturated rings. The molecule has 1 heteroatoms. The third-order valence-corrected chi connectivity index (χ3v) is 3.01. The first-order valence-electron chi connectivity index (χ1n) is 5.93. The summed E-state index contributed by atoms with van der Waals surface area (Å²) in [5.41, 5.74) is 4.56. The van der Waals surface area contributed by atoms with Crippen molar-refractivity contribution in [2.45, 2.75) is 0 Å². The quantitative estimate of drug-likeness (QED) is 0.739. The summed E-state index contributed by atoms with van der Waals surface area (Å²) in [4.78, 5) is 2.15. The molecule has 0 saturated carbocycles. The normalized spacial score (nSPS) is 9.83. The smallest absolute Gasteiger partial charge is 0.0414 e. The second-order valence-electron chi connectivity index (χ2n) is 4.15. The van der Waals surface area contributed by atoms with E-state index in [9.17, 15) is 0 Å². The maximum Gasteiger partial charge on any atom is 0.0414 e. The van der Waals surface area contributed by atoms with Crippen molar-refractivity contribution in [3.8, 4) is 0 Å². The van der Waals surface area contributed by atoms with E-state index >= 15 is 0 Å². The van der Waals surface area contributed by atoms with Gasteiger partial charge in [0.05, 0.1) is 0 Å². The van der Waals surface area contributed by atoms with Gasteiger partial charge in [-0.2, -0.15) is 0 Å². The maximum atomic E-state index is 3.80. The van der Waals surface area contributed by atoms with Crippen molar-refractivity contribution in [3.05, 3.63) is 72.8 Å². The predicted octanol–water partition coefficient (Wildman–Crippen LogP) is 4.74. The molecule has 2 aromatic carbocycles. The first-order valence-corrected chi connectivity index (χ1v) is 5.93. The number of rotatable bonds is 4. The molecule has 0 aliphatic carbocycles. The lowest BCUT2D eigenvalue weighted by molar-refractivity contribution is 1.21. The lowest BCUT2D eigenvalue weighted by atomic mass is 10.1. The van der Waals surface area contributed by atoms with Crippen LogP contribution in [0, 0.1) is 0 Å². The van der Waals surface area contributed by atoms with Gasteiger partial charge in [0, 0.05) is 18.4 Å². The molecule has 0 unspecified atom stereocenters. The molecule has 0 atom stereocenters. The Balaban J connectivity index is 2.31. The van der Waals surface area contributed by atoms with Crippen molar-refractivity contribution in [2.24, 2.45) is 0 Å². The summed E-state index contributed by atoms with van der Waals surface area (Å²) in [5.74, 6) is 0. The fourth-order valence-corrected chi connectivity index (χ4v) is 1.84. The summed E-state index contributed by atoms with van der Waals surface area (Å²) in [6.45, 7) is 7.56. The molecular weight excluding hydrogens is 218 g/mol. The second-order valence-corrected chi connectivity index (χ2v) is 4.15. The van der Waals surface area contributed by atoms with Crippen LogP contribution in [0.5, 0.6) is 0 Å². The molecule has 0 radical (unpaired) electrons. The molecular formula is C17H17N. The molecule has 0 saturated heterocycles. The van der Waals surface area contributed by atoms with E-state index in [1.54, 1.807) is 0 Å². The molecule has 0 aliphatic rings. The van der Waals surface area contributed by atoms with E-state index in [4.69, 9.17) is 0 Å². The van der Waals surface area contributed by atoms with Gasteiger partial charge >= 0.3 is 0 Å². The van der Waals surface area contributed by atoms with Crippen LogP contribution in [0.1, 0.15) is 11.1 Å². The van der Waals surface area contributed by atoms with Gasteiger partial charge in [-0.15, -0.1) is 0 Å². The Morgan fingerprint density at radius 2 is 1.50 bits per heavy atom. The topological polar surface area (TPSA) is 3.24 Å². The predicted molar refractivity (Wildman–Crippen MR) is 81.1 cm³/mol. The Morgan fingerprint density at radius 1 is 0.833 bits per heavy atom. The largest absolute Gasteiger partial charge is 0.345 e. The van der Waals surface area contributed by atoms with Crippen molar-refractivity contribution in [3.63, 3.8) is 0 Å². The minimum Gasteiger partial charge on any atom is -0.345 e. The van der Waals surface area contributed by atoms with Crippen LogP contribution in [-0.4, -0.2) is 7.05 Å². The zero-order chi connectivity index (χ0) is 13.0. The van der Waals surface area contributed by atoms with Gasteiger partial charge in [0.25, 0.3) is 0 Å². The van der Waals surface area contributed by atoms with E-state index in [0.717, 1.165) is 22.5 Å². The second kappa shape index (κ2) is 5.37. The molecule has 0 N–H and O–H groups in total. The van der Waals surface area contributed by atoms with E-state index in [2.05, 4.69) is 61.5 Å². The van der Waals surface area contributed by atoms with Crippen LogP contribution in [0.25, 0.3) is 12.2 Å². The summed E-state index contributed by atoms with van der Waals surface area (Å²) in [6.07, 6.45) is 3.71. The molecule has 0 bridgehead atoms. The standard InChI is InChI=1S/C17H17N/c1-4-14-9-11-16(12-10-14)18(3)17-8-6-7-15(5-2)13-17/h4-13H,1-2H2,3H3. The zero-order valence-corrected chi connectivity index (χ0v) is 10.6. The molecule has 90 valence electrons. The Morgan fingerprint density at radius 3 is 2.11 bits per heavy atom. The Kier molecular flexibility index (Phi) is 3.63. The summed E-state index contributed by atoms with van der Waals surface area (Å²) < 4.78 is 0. The molecule has 2 rings (SSSR count). The number of anilines is 2. The summed E-state index contributed by atoms with van der Waals surface area (Å²) in [7, 11) is 2.06. The monoisotopic (exact) mass is 235 g/mol. The van der Waals surface area contributed by atoms with Crippen LogP contribution in [0.15, 0.2) is 61.7 Å². The van der Waals surface area contributed by atoms with Gasteiger partial charge in [-0.1, -0.05) is 49.6 Å². The average molecular weight is 235 g/mol. The van der Waals surface area contributed by atoms with Gasteiger partial charge in [0.2, 0.25) is 0 Å². The number of nitrogens with zero attached hydrogens (tertiary/aromatic N) is 1. The van der Waals surface area contributed by atoms with Crippen molar-refractivity contribution in [1.29, 1.82) is 0 Å². The van der Waals surface area contributed by atoms with Crippen molar-refractivity contribution in [2.75, 3.05) is 11.9 Å². The van der Waals surface area contributed by atoms with E-state index in [-0.39, 0.29) is 0 Å². The summed E-state index contributed by atoms with van der Waals surface area (Å²) >= 11 is 0. The third-order valence-electron chi connectivity index (χ3n) is 3.01. The van der Waals surface area contributed by atoms with Crippen LogP contribution >= 0.6 is 0 Å². The Hall–Kier alpha value is -2.28. The van der Waals surface area contributed by atoms with Gasteiger partial charge in [-0.05, 0) is 35.4 Å². The SMILES string of the molecule is C=Cc1ccc(N(C)c2cccc(C=C)c2)cc1. The van der Waals surface area contributed by atoms with E-state index in [1.165, 1.54) is 0 Å². The molecule has 18 heavy (non-hydrogen) atoms. The first-order chi connectivity index (χ1) is 8.74. The van der Waals surface area contributed by atoms with Gasteiger partial charge in [0.15, 0.2) is 0 Å². The Bertz CT molecular complexity index is 552.